The molecule has 21 heavy (non-hydrogen) atoms. The highest BCUT2D eigenvalue weighted by atomic mass is 32.2. The Balaban J connectivity index is 1.94. The van der Waals surface area contributed by atoms with Crippen LogP contribution in [0, 0.1) is 0 Å². The SMILES string of the molecule is COc1cc(CNCCC2=CCCC2)c(SC)cc1OC. The van der Waals surface area contributed by atoms with Gasteiger partial charge >= 0.3 is 0 Å². The Hall–Kier alpha value is -1.13. The lowest BCUT2D eigenvalue weighted by molar-refractivity contribution is 0.353. The molecule has 3 nitrogen and oxygen atoms in total. The summed E-state index contributed by atoms with van der Waals surface area (Å²) in [4.78, 5) is 1.24. The first-order valence-corrected chi connectivity index (χ1v) is 8.68. The van der Waals surface area contributed by atoms with Crippen LogP contribution in [-0.2, 0) is 6.54 Å². The third-order valence-electron chi connectivity index (χ3n) is 3.86. The van der Waals surface area contributed by atoms with E-state index < -0.39 is 0 Å². The van der Waals surface area contributed by atoms with Crippen molar-refractivity contribution in [2.24, 2.45) is 0 Å². The molecule has 0 saturated heterocycles. The zero-order valence-corrected chi connectivity index (χ0v) is 14.0. The van der Waals surface area contributed by atoms with Gasteiger partial charge in [0, 0.05) is 11.4 Å². The van der Waals surface area contributed by atoms with Crippen molar-refractivity contribution in [2.45, 2.75) is 37.1 Å². The molecule has 4 heteroatoms. The fourth-order valence-corrected chi connectivity index (χ4v) is 3.29. The zero-order valence-electron chi connectivity index (χ0n) is 13.2. The molecule has 1 aromatic carbocycles. The maximum absolute atomic E-state index is 5.39. The van der Waals surface area contributed by atoms with Crippen LogP contribution in [0.25, 0.3) is 0 Å². The summed E-state index contributed by atoms with van der Waals surface area (Å²) in [6, 6.07) is 4.13. The van der Waals surface area contributed by atoms with Gasteiger partial charge in [-0.15, -0.1) is 11.8 Å². The van der Waals surface area contributed by atoms with Crippen LogP contribution in [0.4, 0.5) is 0 Å². The molecule has 0 heterocycles. The first-order chi connectivity index (χ1) is 10.3. The van der Waals surface area contributed by atoms with Crippen LogP contribution in [0.3, 0.4) is 0 Å². The highest BCUT2D eigenvalue weighted by Gasteiger charge is 2.10. The predicted molar refractivity (Wildman–Crippen MR) is 89.6 cm³/mol. The molecular weight excluding hydrogens is 282 g/mol. The molecule has 0 saturated carbocycles. The van der Waals surface area contributed by atoms with E-state index in [2.05, 4.69) is 29.8 Å². The molecule has 1 N–H and O–H groups in total. The van der Waals surface area contributed by atoms with Crippen molar-refractivity contribution in [3.63, 3.8) is 0 Å². The van der Waals surface area contributed by atoms with Gasteiger partial charge in [0.15, 0.2) is 11.5 Å². The number of allylic oxidation sites excluding steroid dienone is 1. The summed E-state index contributed by atoms with van der Waals surface area (Å²) in [7, 11) is 3.36. The number of methoxy groups -OCH3 is 2. The maximum Gasteiger partial charge on any atom is 0.161 e. The van der Waals surface area contributed by atoms with Gasteiger partial charge < -0.3 is 14.8 Å². The lowest BCUT2D eigenvalue weighted by atomic mass is 10.1. The Bertz CT molecular complexity index is 500. The van der Waals surface area contributed by atoms with Crippen LogP contribution in [-0.4, -0.2) is 27.0 Å². The number of rotatable bonds is 8. The van der Waals surface area contributed by atoms with Gasteiger partial charge in [-0.1, -0.05) is 11.6 Å². The van der Waals surface area contributed by atoms with Crippen molar-refractivity contribution in [1.29, 1.82) is 0 Å². The average molecular weight is 307 g/mol. The number of hydrogen-bond acceptors (Lipinski definition) is 4. The molecular formula is C17H25NO2S. The maximum atomic E-state index is 5.39. The summed E-state index contributed by atoms with van der Waals surface area (Å²) in [6.07, 6.45) is 9.54. The summed E-state index contributed by atoms with van der Waals surface area (Å²) < 4.78 is 10.8. The van der Waals surface area contributed by atoms with Crippen molar-refractivity contribution < 1.29 is 9.47 Å². The third kappa shape index (κ3) is 4.42. The molecule has 0 bridgehead atoms. The van der Waals surface area contributed by atoms with E-state index in [-0.39, 0.29) is 0 Å². The standard InChI is InChI=1S/C17H25NO2S/c1-19-15-10-14(17(21-3)11-16(15)20-2)12-18-9-8-13-6-4-5-7-13/h6,10-11,18H,4-5,7-9,12H2,1-3H3. The van der Waals surface area contributed by atoms with E-state index in [9.17, 15) is 0 Å². The van der Waals surface area contributed by atoms with E-state index >= 15 is 0 Å². The molecule has 116 valence electrons. The molecule has 0 unspecified atom stereocenters. The Morgan fingerprint density at radius 2 is 1.95 bits per heavy atom. The van der Waals surface area contributed by atoms with Crippen molar-refractivity contribution >= 4 is 11.8 Å². The van der Waals surface area contributed by atoms with Gasteiger partial charge in [-0.2, -0.15) is 0 Å². The summed E-state index contributed by atoms with van der Waals surface area (Å²) in [6.45, 7) is 1.90. The van der Waals surface area contributed by atoms with Gasteiger partial charge in [-0.3, -0.25) is 0 Å². The van der Waals surface area contributed by atoms with Crippen LogP contribution in [0.5, 0.6) is 11.5 Å². The first kappa shape index (κ1) is 16.2. The number of hydrogen-bond donors (Lipinski definition) is 1. The molecule has 0 aromatic heterocycles. The first-order valence-electron chi connectivity index (χ1n) is 7.46. The summed E-state index contributed by atoms with van der Waals surface area (Å²) in [5, 5.41) is 3.54. The predicted octanol–water partition coefficient (Wildman–Crippen LogP) is 4.02. The van der Waals surface area contributed by atoms with E-state index in [1.54, 1.807) is 31.6 Å². The van der Waals surface area contributed by atoms with Crippen LogP contribution >= 0.6 is 11.8 Å². The van der Waals surface area contributed by atoms with Crippen LogP contribution in [0.1, 0.15) is 31.2 Å². The number of benzene rings is 1. The quantitative estimate of drug-likeness (QED) is 0.446. The molecule has 0 spiro atoms. The van der Waals surface area contributed by atoms with Gasteiger partial charge in [0.25, 0.3) is 0 Å². The molecule has 1 aliphatic rings. The van der Waals surface area contributed by atoms with Gasteiger partial charge in [0.2, 0.25) is 0 Å². The summed E-state index contributed by atoms with van der Waals surface area (Å²) in [5.41, 5.74) is 2.88. The Kier molecular flexibility index (Phi) is 6.46. The number of thioether (sulfide) groups is 1. The van der Waals surface area contributed by atoms with Gasteiger partial charge in [0.05, 0.1) is 14.2 Å². The highest BCUT2D eigenvalue weighted by molar-refractivity contribution is 7.98. The lowest BCUT2D eigenvalue weighted by Gasteiger charge is -2.14. The van der Waals surface area contributed by atoms with Crippen molar-refractivity contribution in [3.05, 3.63) is 29.3 Å². The third-order valence-corrected chi connectivity index (χ3v) is 4.68. The van der Waals surface area contributed by atoms with Crippen molar-refractivity contribution in [1.82, 2.24) is 5.32 Å². The molecule has 0 radical (unpaired) electrons. The van der Waals surface area contributed by atoms with Crippen molar-refractivity contribution in [3.8, 4) is 11.5 Å². The molecule has 0 atom stereocenters. The topological polar surface area (TPSA) is 30.5 Å². The summed E-state index contributed by atoms with van der Waals surface area (Å²) in [5.74, 6) is 1.59. The highest BCUT2D eigenvalue weighted by Crippen LogP contribution is 2.34. The molecule has 0 aliphatic heterocycles. The minimum atomic E-state index is 0.793. The Morgan fingerprint density at radius 3 is 2.57 bits per heavy atom. The van der Waals surface area contributed by atoms with E-state index in [1.807, 2.05) is 0 Å². The largest absolute Gasteiger partial charge is 0.493 e. The van der Waals surface area contributed by atoms with Gasteiger partial charge in [-0.05, 0) is 56.2 Å². The van der Waals surface area contributed by atoms with E-state index in [0.29, 0.717) is 0 Å². The van der Waals surface area contributed by atoms with Crippen LogP contribution in [0.15, 0.2) is 28.7 Å². The number of nitrogens with one attached hydrogen (secondary N) is 1. The normalized spacial score (nSPS) is 14.1. The second-order valence-electron chi connectivity index (χ2n) is 5.20. The van der Waals surface area contributed by atoms with Gasteiger partial charge in [-0.25, -0.2) is 0 Å². The fraction of sp³-hybridized carbons (Fsp3) is 0.529. The number of ether oxygens (including phenoxy) is 2. The minimum absolute atomic E-state index is 0.793. The monoisotopic (exact) mass is 307 g/mol. The fourth-order valence-electron chi connectivity index (χ4n) is 2.67. The van der Waals surface area contributed by atoms with E-state index in [0.717, 1.165) is 24.6 Å². The molecule has 0 fully saturated rings. The van der Waals surface area contributed by atoms with Crippen LogP contribution < -0.4 is 14.8 Å². The van der Waals surface area contributed by atoms with E-state index in [1.165, 1.54) is 36.1 Å². The lowest BCUT2D eigenvalue weighted by Crippen LogP contribution is -2.15. The van der Waals surface area contributed by atoms with Crippen molar-refractivity contribution in [2.75, 3.05) is 27.0 Å². The Morgan fingerprint density at radius 1 is 1.19 bits per heavy atom. The summed E-state index contributed by atoms with van der Waals surface area (Å²) >= 11 is 1.74. The second kappa shape index (κ2) is 8.35. The van der Waals surface area contributed by atoms with Crippen LogP contribution in [0.2, 0.25) is 0 Å². The molecule has 1 aliphatic carbocycles. The molecule has 0 amide bonds. The van der Waals surface area contributed by atoms with E-state index in [4.69, 9.17) is 9.47 Å². The second-order valence-corrected chi connectivity index (χ2v) is 6.05. The minimum Gasteiger partial charge on any atom is -0.493 e. The zero-order chi connectivity index (χ0) is 15.1. The molecule has 1 aromatic rings. The van der Waals surface area contributed by atoms with Gasteiger partial charge in [0.1, 0.15) is 0 Å². The smallest absolute Gasteiger partial charge is 0.161 e. The average Bonchev–Trinajstić information content (AvgIpc) is 3.04. The Labute approximate surface area is 132 Å². The molecule has 2 rings (SSSR count).